The maximum absolute atomic E-state index is 11.3. The van der Waals surface area contributed by atoms with Crippen molar-refractivity contribution < 1.29 is 13.9 Å². The van der Waals surface area contributed by atoms with Crippen LogP contribution in [-0.4, -0.2) is 18.1 Å². The van der Waals surface area contributed by atoms with E-state index in [2.05, 4.69) is 9.72 Å². The normalized spacial score (nSPS) is 10.1. The highest BCUT2D eigenvalue weighted by molar-refractivity contribution is 5.92. The molecule has 5 heteroatoms. The maximum Gasteiger partial charge on any atom is 0.362 e. The highest BCUT2D eigenvalue weighted by atomic mass is 16.5. The van der Waals surface area contributed by atoms with Gasteiger partial charge in [0.25, 0.3) is 0 Å². The third kappa shape index (κ3) is 1.75. The lowest BCUT2D eigenvalue weighted by atomic mass is 10.2. The molecule has 2 N–H and O–H groups in total. The molecule has 1 heterocycles. The van der Waals surface area contributed by atoms with E-state index < -0.39 is 5.97 Å². The number of hydrogen-bond acceptors (Lipinski definition) is 5. The SMILES string of the molecule is COC(=O)c1nc(-c2ccccc2)oc1N. The van der Waals surface area contributed by atoms with E-state index in [0.717, 1.165) is 5.56 Å². The van der Waals surface area contributed by atoms with E-state index in [9.17, 15) is 4.79 Å². The predicted octanol–water partition coefficient (Wildman–Crippen LogP) is 1.71. The second-order valence-corrected chi connectivity index (χ2v) is 3.09. The van der Waals surface area contributed by atoms with Crippen LogP contribution in [0.25, 0.3) is 11.5 Å². The van der Waals surface area contributed by atoms with E-state index >= 15 is 0 Å². The second kappa shape index (κ2) is 4.06. The van der Waals surface area contributed by atoms with Gasteiger partial charge in [-0.15, -0.1) is 0 Å². The van der Waals surface area contributed by atoms with Crippen LogP contribution in [0.3, 0.4) is 0 Å². The molecule has 5 nitrogen and oxygen atoms in total. The van der Waals surface area contributed by atoms with Crippen molar-refractivity contribution in [3.05, 3.63) is 36.0 Å². The molecule has 0 saturated heterocycles. The van der Waals surface area contributed by atoms with Gasteiger partial charge in [-0.2, -0.15) is 4.98 Å². The number of nitrogens with zero attached hydrogens (tertiary/aromatic N) is 1. The molecule has 0 saturated carbocycles. The molecule has 0 radical (unpaired) electrons. The van der Waals surface area contributed by atoms with Crippen molar-refractivity contribution in [2.75, 3.05) is 12.8 Å². The Hall–Kier alpha value is -2.30. The number of carbonyl (C=O) groups is 1. The van der Waals surface area contributed by atoms with E-state index in [0.29, 0.717) is 5.89 Å². The molecule has 2 aromatic rings. The summed E-state index contributed by atoms with van der Waals surface area (Å²) in [5.41, 5.74) is 6.28. The summed E-state index contributed by atoms with van der Waals surface area (Å²) in [5, 5.41) is 0. The minimum atomic E-state index is -0.608. The minimum absolute atomic E-state index is 0.00125. The summed E-state index contributed by atoms with van der Waals surface area (Å²) < 4.78 is 9.71. The number of methoxy groups -OCH3 is 1. The van der Waals surface area contributed by atoms with Crippen LogP contribution in [0.4, 0.5) is 5.88 Å². The average Bonchev–Trinajstić information content (AvgIpc) is 2.71. The van der Waals surface area contributed by atoms with Crippen molar-refractivity contribution in [1.29, 1.82) is 0 Å². The molecule has 82 valence electrons. The fourth-order valence-electron chi connectivity index (χ4n) is 1.28. The lowest BCUT2D eigenvalue weighted by molar-refractivity contribution is 0.0595. The molecular formula is C11H10N2O3. The number of rotatable bonds is 2. The second-order valence-electron chi connectivity index (χ2n) is 3.09. The zero-order chi connectivity index (χ0) is 11.5. The van der Waals surface area contributed by atoms with Gasteiger partial charge < -0.3 is 14.9 Å². The van der Waals surface area contributed by atoms with Gasteiger partial charge in [0.05, 0.1) is 7.11 Å². The summed E-state index contributed by atoms with van der Waals surface area (Å²) in [4.78, 5) is 15.2. The van der Waals surface area contributed by atoms with Crippen LogP contribution in [-0.2, 0) is 4.74 Å². The Bertz CT molecular complexity index is 505. The van der Waals surface area contributed by atoms with Crippen molar-refractivity contribution in [3.8, 4) is 11.5 Å². The molecule has 1 aromatic heterocycles. The van der Waals surface area contributed by atoms with Gasteiger partial charge in [-0.1, -0.05) is 18.2 Å². The summed E-state index contributed by atoms with van der Waals surface area (Å²) in [6, 6.07) is 9.18. The molecule has 0 spiro atoms. The molecule has 0 atom stereocenters. The number of ether oxygens (including phenoxy) is 1. The van der Waals surface area contributed by atoms with Gasteiger partial charge in [0.2, 0.25) is 17.5 Å². The van der Waals surface area contributed by atoms with Crippen molar-refractivity contribution in [2.45, 2.75) is 0 Å². The third-order valence-corrected chi connectivity index (χ3v) is 2.05. The van der Waals surface area contributed by atoms with E-state index in [1.54, 1.807) is 0 Å². The molecule has 2 rings (SSSR count). The Morgan fingerprint density at radius 2 is 2.06 bits per heavy atom. The molecule has 0 aliphatic rings. The van der Waals surface area contributed by atoms with Crippen molar-refractivity contribution in [1.82, 2.24) is 4.98 Å². The molecule has 0 aliphatic heterocycles. The summed E-state index contributed by atoms with van der Waals surface area (Å²) >= 11 is 0. The number of oxazole rings is 1. The lowest BCUT2D eigenvalue weighted by Crippen LogP contribution is -2.04. The number of esters is 1. The quantitative estimate of drug-likeness (QED) is 0.776. The van der Waals surface area contributed by atoms with Crippen LogP contribution in [0.15, 0.2) is 34.7 Å². The Balaban J connectivity index is 2.42. The third-order valence-electron chi connectivity index (χ3n) is 2.05. The Morgan fingerprint density at radius 1 is 1.38 bits per heavy atom. The largest absolute Gasteiger partial charge is 0.464 e. The van der Waals surface area contributed by atoms with Crippen molar-refractivity contribution in [3.63, 3.8) is 0 Å². The van der Waals surface area contributed by atoms with Gasteiger partial charge in [0.1, 0.15) is 0 Å². The number of anilines is 1. The molecule has 0 bridgehead atoms. The molecule has 16 heavy (non-hydrogen) atoms. The van der Waals surface area contributed by atoms with Gasteiger partial charge >= 0.3 is 5.97 Å². The zero-order valence-corrected chi connectivity index (χ0v) is 8.64. The topological polar surface area (TPSA) is 78.3 Å². The molecule has 0 aliphatic carbocycles. The number of benzene rings is 1. The first-order valence-electron chi connectivity index (χ1n) is 4.62. The highest BCUT2D eigenvalue weighted by Gasteiger charge is 2.18. The Kier molecular flexibility index (Phi) is 2.59. The van der Waals surface area contributed by atoms with Gasteiger partial charge in [0.15, 0.2) is 0 Å². The number of nitrogens with two attached hydrogens (primary N) is 1. The highest BCUT2D eigenvalue weighted by Crippen LogP contribution is 2.23. The molecule has 0 amide bonds. The van der Waals surface area contributed by atoms with Crippen molar-refractivity contribution >= 4 is 11.9 Å². The molecule has 0 unspecified atom stereocenters. The summed E-state index contributed by atoms with van der Waals surface area (Å²) in [6.45, 7) is 0. The number of carbonyl (C=O) groups excluding carboxylic acids is 1. The predicted molar refractivity (Wildman–Crippen MR) is 57.7 cm³/mol. The zero-order valence-electron chi connectivity index (χ0n) is 8.64. The molecular weight excluding hydrogens is 208 g/mol. The van der Waals surface area contributed by atoms with Crippen LogP contribution in [0.5, 0.6) is 0 Å². The van der Waals surface area contributed by atoms with E-state index in [-0.39, 0.29) is 11.6 Å². The first kappa shape index (κ1) is 10.2. The van der Waals surface area contributed by atoms with Gasteiger partial charge in [-0.05, 0) is 12.1 Å². The van der Waals surface area contributed by atoms with Crippen molar-refractivity contribution in [2.24, 2.45) is 0 Å². The molecule has 0 fully saturated rings. The van der Waals surface area contributed by atoms with Gasteiger partial charge in [0, 0.05) is 5.56 Å². The lowest BCUT2D eigenvalue weighted by Gasteiger charge is -1.92. The minimum Gasteiger partial charge on any atom is -0.464 e. The number of hydrogen-bond donors (Lipinski definition) is 1. The van der Waals surface area contributed by atoms with Crippen LogP contribution in [0.1, 0.15) is 10.5 Å². The van der Waals surface area contributed by atoms with E-state index in [1.165, 1.54) is 7.11 Å². The van der Waals surface area contributed by atoms with Gasteiger partial charge in [-0.3, -0.25) is 0 Å². The van der Waals surface area contributed by atoms with E-state index in [1.807, 2.05) is 30.3 Å². The Morgan fingerprint density at radius 3 is 2.69 bits per heavy atom. The fourth-order valence-corrected chi connectivity index (χ4v) is 1.28. The Labute approximate surface area is 91.8 Å². The maximum atomic E-state index is 11.3. The first-order chi connectivity index (χ1) is 7.72. The van der Waals surface area contributed by atoms with E-state index in [4.69, 9.17) is 10.2 Å². The first-order valence-corrected chi connectivity index (χ1v) is 4.62. The summed E-state index contributed by atoms with van der Waals surface area (Å²) in [6.07, 6.45) is 0. The monoisotopic (exact) mass is 218 g/mol. The standard InChI is InChI=1S/C11H10N2O3/c1-15-11(14)8-9(12)16-10(13-8)7-5-3-2-4-6-7/h2-6H,12H2,1H3. The van der Waals surface area contributed by atoms with Crippen LogP contribution in [0.2, 0.25) is 0 Å². The smallest absolute Gasteiger partial charge is 0.362 e. The summed E-state index contributed by atoms with van der Waals surface area (Å²) in [5.74, 6) is -0.340. The number of nitrogen functional groups attached to an aromatic ring is 1. The fraction of sp³-hybridized carbons (Fsp3) is 0.0909. The van der Waals surface area contributed by atoms with Crippen LogP contribution < -0.4 is 5.73 Å². The summed E-state index contributed by atoms with van der Waals surface area (Å²) in [7, 11) is 1.26. The average molecular weight is 218 g/mol. The van der Waals surface area contributed by atoms with Crippen LogP contribution in [0, 0.1) is 0 Å². The molecule has 1 aromatic carbocycles. The van der Waals surface area contributed by atoms with Gasteiger partial charge in [-0.25, -0.2) is 4.79 Å². The van der Waals surface area contributed by atoms with Crippen LogP contribution >= 0.6 is 0 Å². The number of aromatic nitrogens is 1.